The van der Waals surface area contributed by atoms with Crippen LogP contribution in [0.3, 0.4) is 0 Å². The summed E-state index contributed by atoms with van der Waals surface area (Å²) in [6.45, 7) is 14.1. The topological polar surface area (TPSA) is 46.5 Å². The van der Waals surface area contributed by atoms with Gasteiger partial charge in [0.05, 0.1) is 11.8 Å². The molecule has 0 bridgehead atoms. The number of rotatable bonds is 7. The molecule has 4 aliphatic rings. The Kier molecular flexibility index (Phi) is 7.80. The summed E-state index contributed by atoms with van der Waals surface area (Å²) >= 11 is 0. The molecule has 4 rings (SSSR count). The van der Waals surface area contributed by atoms with Crippen molar-refractivity contribution in [3.8, 4) is 0 Å². The molecule has 34 heavy (non-hydrogen) atoms. The van der Waals surface area contributed by atoms with Crippen LogP contribution in [-0.4, -0.2) is 17.2 Å². The Morgan fingerprint density at radius 2 is 1.76 bits per heavy atom. The van der Waals surface area contributed by atoms with E-state index in [9.17, 15) is 9.90 Å². The molecule has 0 aromatic heterocycles. The highest BCUT2D eigenvalue weighted by Crippen LogP contribution is 2.68. The molecule has 0 spiro atoms. The van der Waals surface area contributed by atoms with Gasteiger partial charge in [-0.05, 0) is 112 Å². The van der Waals surface area contributed by atoms with Crippen LogP contribution >= 0.6 is 0 Å². The standard InChI is InChI=1S/C31H52O3/c1-20(2)9-7-10-21(3)25-15-16-26-24-14-13-23-11-8-12-28(34-29(33)22(4)19-32)31(23,6)27(24)17-18-30(25,26)5/h19-21,23-28,32H,7-18H2,1-6H3/t21-,23?,24+,25-,26+,27+,28?,30-,31+/m1/s1. The van der Waals surface area contributed by atoms with E-state index in [4.69, 9.17) is 4.74 Å². The lowest BCUT2D eigenvalue weighted by Gasteiger charge is -2.62. The van der Waals surface area contributed by atoms with E-state index in [0.29, 0.717) is 22.8 Å². The van der Waals surface area contributed by atoms with E-state index in [-0.39, 0.29) is 17.5 Å². The van der Waals surface area contributed by atoms with E-state index in [1.807, 2.05) is 0 Å². The van der Waals surface area contributed by atoms with Crippen molar-refractivity contribution in [2.45, 2.75) is 125 Å². The van der Waals surface area contributed by atoms with E-state index in [0.717, 1.165) is 48.7 Å². The van der Waals surface area contributed by atoms with Crippen LogP contribution in [-0.2, 0) is 9.53 Å². The predicted octanol–water partition coefficient (Wildman–Crippen LogP) is 8.48. The van der Waals surface area contributed by atoms with Crippen LogP contribution < -0.4 is 0 Å². The van der Waals surface area contributed by atoms with Gasteiger partial charge in [-0.2, -0.15) is 0 Å². The fourth-order valence-electron chi connectivity index (χ4n) is 9.77. The summed E-state index contributed by atoms with van der Waals surface area (Å²) in [7, 11) is 0. The van der Waals surface area contributed by atoms with Crippen molar-refractivity contribution in [3.05, 3.63) is 11.8 Å². The maximum absolute atomic E-state index is 12.6. The third kappa shape index (κ3) is 4.47. The Hall–Kier alpha value is -0.990. The predicted molar refractivity (Wildman–Crippen MR) is 139 cm³/mol. The maximum atomic E-state index is 12.6. The lowest BCUT2D eigenvalue weighted by Crippen LogP contribution is -2.58. The van der Waals surface area contributed by atoms with Gasteiger partial charge in [-0.25, -0.2) is 4.79 Å². The number of carbonyl (C=O) groups is 1. The van der Waals surface area contributed by atoms with Gasteiger partial charge in [0.1, 0.15) is 6.10 Å². The monoisotopic (exact) mass is 472 g/mol. The van der Waals surface area contributed by atoms with Crippen LogP contribution in [0.5, 0.6) is 0 Å². The van der Waals surface area contributed by atoms with E-state index < -0.39 is 0 Å². The highest BCUT2D eigenvalue weighted by molar-refractivity contribution is 5.87. The minimum Gasteiger partial charge on any atom is -0.515 e. The van der Waals surface area contributed by atoms with Gasteiger partial charge in [0, 0.05) is 5.41 Å². The fourth-order valence-corrected chi connectivity index (χ4v) is 9.77. The quantitative estimate of drug-likeness (QED) is 0.229. The molecule has 0 aromatic carbocycles. The number of aliphatic hydroxyl groups is 1. The Bertz CT molecular complexity index is 756. The number of aliphatic hydroxyl groups excluding tert-OH is 1. The lowest BCUT2D eigenvalue weighted by atomic mass is 9.44. The van der Waals surface area contributed by atoms with Crippen molar-refractivity contribution in [2.75, 3.05) is 0 Å². The van der Waals surface area contributed by atoms with Crippen LogP contribution in [0.1, 0.15) is 119 Å². The first kappa shape index (κ1) is 26.1. The molecule has 3 nitrogen and oxygen atoms in total. The van der Waals surface area contributed by atoms with E-state index in [2.05, 4.69) is 34.6 Å². The molecule has 0 heterocycles. The molecule has 4 fully saturated rings. The van der Waals surface area contributed by atoms with Crippen molar-refractivity contribution >= 4 is 5.97 Å². The highest BCUT2D eigenvalue weighted by atomic mass is 16.5. The molecule has 9 atom stereocenters. The van der Waals surface area contributed by atoms with Crippen LogP contribution in [0.15, 0.2) is 11.8 Å². The second kappa shape index (κ2) is 10.2. The van der Waals surface area contributed by atoms with Gasteiger partial charge < -0.3 is 9.84 Å². The summed E-state index contributed by atoms with van der Waals surface area (Å²) in [6.07, 6.45) is 16.7. The number of esters is 1. The summed E-state index contributed by atoms with van der Waals surface area (Å²) in [6, 6.07) is 0. The van der Waals surface area contributed by atoms with Crippen molar-refractivity contribution in [1.29, 1.82) is 0 Å². The third-order valence-corrected chi connectivity index (χ3v) is 11.6. The van der Waals surface area contributed by atoms with Gasteiger partial charge >= 0.3 is 5.97 Å². The molecule has 0 radical (unpaired) electrons. The summed E-state index contributed by atoms with van der Waals surface area (Å²) < 4.78 is 6.16. The van der Waals surface area contributed by atoms with Gasteiger partial charge in [-0.15, -0.1) is 0 Å². The average Bonchev–Trinajstić information content (AvgIpc) is 3.16. The van der Waals surface area contributed by atoms with Crippen LogP contribution in [0.2, 0.25) is 0 Å². The molecule has 194 valence electrons. The molecule has 0 amide bonds. The molecule has 4 saturated carbocycles. The number of hydrogen-bond acceptors (Lipinski definition) is 3. The molecule has 0 saturated heterocycles. The molecule has 2 unspecified atom stereocenters. The Morgan fingerprint density at radius 1 is 1.00 bits per heavy atom. The zero-order valence-corrected chi connectivity index (χ0v) is 22.9. The number of hydrogen-bond donors (Lipinski definition) is 1. The zero-order chi connectivity index (χ0) is 24.7. The summed E-state index contributed by atoms with van der Waals surface area (Å²) in [5, 5.41) is 9.34. The second-order valence-electron chi connectivity index (χ2n) is 13.7. The minimum atomic E-state index is -0.326. The minimum absolute atomic E-state index is 0.00189. The van der Waals surface area contributed by atoms with Crippen LogP contribution in [0.4, 0.5) is 0 Å². The van der Waals surface area contributed by atoms with Gasteiger partial charge in [0.15, 0.2) is 0 Å². The van der Waals surface area contributed by atoms with Gasteiger partial charge in [-0.1, -0.05) is 53.9 Å². The largest absolute Gasteiger partial charge is 0.515 e. The molecular formula is C31H52O3. The molecule has 0 aliphatic heterocycles. The fraction of sp³-hybridized carbons (Fsp3) is 0.903. The van der Waals surface area contributed by atoms with Crippen molar-refractivity contribution in [1.82, 2.24) is 0 Å². The first-order chi connectivity index (χ1) is 16.1. The van der Waals surface area contributed by atoms with Crippen molar-refractivity contribution < 1.29 is 14.6 Å². The second-order valence-corrected chi connectivity index (χ2v) is 13.7. The lowest BCUT2D eigenvalue weighted by molar-refractivity contribution is -0.189. The van der Waals surface area contributed by atoms with Crippen LogP contribution in [0.25, 0.3) is 0 Å². The van der Waals surface area contributed by atoms with Crippen molar-refractivity contribution in [3.63, 3.8) is 0 Å². The Morgan fingerprint density at radius 3 is 2.47 bits per heavy atom. The molecule has 0 aromatic rings. The molecule has 4 aliphatic carbocycles. The van der Waals surface area contributed by atoms with Crippen molar-refractivity contribution in [2.24, 2.45) is 52.3 Å². The summed E-state index contributed by atoms with van der Waals surface area (Å²) in [5.41, 5.74) is 0.910. The highest BCUT2D eigenvalue weighted by Gasteiger charge is 2.62. The first-order valence-electron chi connectivity index (χ1n) is 14.6. The number of fused-ring (bicyclic) bond motifs is 5. The Labute approximate surface area is 209 Å². The van der Waals surface area contributed by atoms with Gasteiger partial charge in [0.25, 0.3) is 0 Å². The zero-order valence-electron chi connectivity index (χ0n) is 22.9. The SMILES string of the molecule is CC(=CO)C(=O)OC1CCCC2CC[C@@H]3[C@H](CC[C@]4(C)[C@@H]([C@H](C)CCCC(C)C)CC[C@@H]34)[C@]21C. The molecule has 3 heteroatoms. The summed E-state index contributed by atoms with van der Waals surface area (Å²) in [5.74, 6) is 5.21. The first-order valence-corrected chi connectivity index (χ1v) is 14.6. The van der Waals surface area contributed by atoms with Gasteiger partial charge in [0.2, 0.25) is 0 Å². The van der Waals surface area contributed by atoms with Gasteiger partial charge in [-0.3, -0.25) is 0 Å². The summed E-state index contributed by atoms with van der Waals surface area (Å²) in [4.78, 5) is 12.6. The van der Waals surface area contributed by atoms with E-state index in [1.54, 1.807) is 6.92 Å². The van der Waals surface area contributed by atoms with E-state index in [1.165, 1.54) is 64.2 Å². The van der Waals surface area contributed by atoms with Crippen LogP contribution in [0, 0.1) is 52.3 Å². The number of carbonyl (C=O) groups excluding carboxylic acids is 1. The van der Waals surface area contributed by atoms with E-state index >= 15 is 0 Å². The smallest absolute Gasteiger partial charge is 0.337 e. The third-order valence-electron chi connectivity index (χ3n) is 11.6. The number of ether oxygens (including phenoxy) is 1. The average molecular weight is 473 g/mol. The Balaban J connectivity index is 1.52. The molecular weight excluding hydrogens is 420 g/mol. The molecule has 1 N–H and O–H groups in total. The normalized spacial score (nSPS) is 43.1. The maximum Gasteiger partial charge on any atom is 0.337 e.